The number of hydrogen-bond acceptors (Lipinski definition) is 2. The molecule has 1 N–H and O–H groups in total. The first-order chi connectivity index (χ1) is 7.29. The van der Waals surface area contributed by atoms with Crippen LogP contribution in [0.4, 0.5) is 0 Å². The van der Waals surface area contributed by atoms with Crippen LogP contribution in [0.25, 0.3) is 0 Å². The van der Waals surface area contributed by atoms with Gasteiger partial charge in [0, 0.05) is 12.6 Å². The normalized spacial score (nSPS) is 30.4. The van der Waals surface area contributed by atoms with E-state index < -0.39 is 0 Å². The molecule has 2 heteroatoms. The molecule has 0 aromatic heterocycles. The highest BCUT2D eigenvalue weighted by Crippen LogP contribution is 2.34. The number of nitrogens with one attached hydrogen (secondary N) is 1. The zero-order chi connectivity index (χ0) is 10.7. The van der Waals surface area contributed by atoms with Crippen molar-refractivity contribution in [2.45, 2.75) is 45.1 Å². The summed E-state index contributed by atoms with van der Waals surface area (Å²) < 4.78 is 0. The largest absolute Gasteiger partial charge is 0.313 e. The van der Waals surface area contributed by atoms with Gasteiger partial charge in [0.2, 0.25) is 0 Å². The Bertz CT molecular complexity index is 189. The van der Waals surface area contributed by atoms with Gasteiger partial charge in [0.05, 0.1) is 0 Å². The Kier molecular flexibility index (Phi) is 4.04. The number of piperidine rings is 1. The molecular formula is C13H26N2. The van der Waals surface area contributed by atoms with E-state index in [0.29, 0.717) is 0 Å². The van der Waals surface area contributed by atoms with Gasteiger partial charge in [-0.05, 0) is 64.1 Å². The van der Waals surface area contributed by atoms with Crippen LogP contribution in [0.2, 0.25) is 0 Å². The lowest BCUT2D eigenvalue weighted by molar-refractivity contribution is 0.200. The van der Waals surface area contributed by atoms with Crippen molar-refractivity contribution >= 4 is 0 Å². The highest BCUT2D eigenvalue weighted by Gasteiger charge is 2.30. The Morgan fingerprint density at radius 2 is 2.13 bits per heavy atom. The van der Waals surface area contributed by atoms with Crippen LogP contribution in [-0.4, -0.2) is 37.6 Å². The molecule has 0 bridgehead atoms. The van der Waals surface area contributed by atoms with E-state index in [1.165, 1.54) is 51.7 Å². The van der Waals surface area contributed by atoms with Gasteiger partial charge in [0.25, 0.3) is 0 Å². The van der Waals surface area contributed by atoms with Crippen molar-refractivity contribution in [1.82, 2.24) is 10.2 Å². The molecule has 0 aromatic carbocycles. The van der Waals surface area contributed by atoms with Gasteiger partial charge in [0.1, 0.15) is 0 Å². The molecule has 2 unspecified atom stereocenters. The maximum atomic E-state index is 3.79. The second-order valence-electron chi connectivity index (χ2n) is 5.53. The van der Waals surface area contributed by atoms with Crippen molar-refractivity contribution in [2.75, 3.05) is 26.7 Å². The summed E-state index contributed by atoms with van der Waals surface area (Å²) in [4.78, 5) is 2.48. The zero-order valence-corrected chi connectivity index (χ0v) is 10.3. The minimum Gasteiger partial charge on any atom is -0.313 e. The lowest BCUT2D eigenvalue weighted by Crippen LogP contribution is -2.41. The van der Waals surface area contributed by atoms with E-state index in [9.17, 15) is 0 Å². The van der Waals surface area contributed by atoms with E-state index in [2.05, 4.69) is 24.2 Å². The summed E-state index contributed by atoms with van der Waals surface area (Å²) in [6.45, 7) is 6.17. The summed E-state index contributed by atoms with van der Waals surface area (Å²) in [5, 5.41) is 3.79. The molecule has 1 saturated heterocycles. The highest BCUT2D eigenvalue weighted by molar-refractivity contribution is 4.86. The minimum absolute atomic E-state index is 0.817. The van der Waals surface area contributed by atoms with Crippen LogP contribution in [0.5, 0.6) is 0 Å². The first-order valence-electron chi connectivity index (χ1n) is 6.71. The van der Waals surface area contributed by atoms with Crippen LogP contribution in [0.1, 0.15) is 39.0 Å². The maximum absolute atomic E-state index is 3.79. The molecule has 1 heterocycles. The standard InChI is InChI=1S/C13H26N2/c1-3-13(12-6-7-12)14-9-11-5-4-8-15(2)10-11/h11-14H,3-10H2,1-2H3. The van der Waals surface area contributed by atoms with Crippen molar-refractivity contribution in [2.24, 2.45) is 11.8 Å². The summed E-state index contributed by atoms with van der Waals surface area (Å²) in [7, 11) is 2.25. The predicted molar refractivity (Wildman–Crippen MR) is 65.0 cm³/mol. The summed E-state index contributed by atoms with van der Waals surface area (Å²) in [6.07, 6.45) is 7.07. The van der Waals surface area contributed by atoms with Crippen molar-refractivity contribution < 1.29 is 0 Å². The van der Waals surface area contributed by atoms with Crippen LogP contribution in [0.15, 0.2) is 0 Å². The van der Waals surface area contributed by atoms with Gasteiger partial charge in [-0.1, -0.05) is 6.92 Å². The van der Waals surface area contributed by atoms with Gasteiger partial charge in [-0.15, -0.1) is 0 Å². The maximum Gasteiger partial charge on any atom is 0.00928 e. The second kappa shape index (κ2) is 5.31. The van der Waals surface area contributed by atoms with Gasteiger partial charge < -0.3 is 10.2 Å². The lowest BCUT2D eigenvalue weighted by Gasteiger charge is -2.31. The molecule has 0 aromatic rings. The molecule has 0 amide bonds. The zero-order valence-electron chi connectivity index (χ0n) is 10.3. The highest BCUT2D eigenvalue weighted by atomic mass is 15.1. The molecule has 1 aliphatic carbocycles. The molecule has 2 atom stereocenters. The van der Waals surface area contributed by atoms with Crippen molar-refractivity contribution in [3.05, 3.63) is 0 Å². The Morgan fingerprint density at radius 3 is 2.73 bits per heavy atom. The quantitative estimate of drug-likeness (QED) is 0.747. The summed E-state index contributed by atoms with van der Waals surface area (Å²) in [5.41, 5.74) is 0. The third kappa shape index (κ3) is 3.46. The van der Waals surface area contributed by atoms with E-state index in [4.69, 9.17) is 0 Å². The first-order valence-corrected chi connectivity index (χ1v) is 6.71. The monoisotopic (exact) mass is 210 g/mol. The van der Waals surface area contributed by atoms with Crippen LogP contribution in [0, 0.1) is 11.8 Å². The molecule has 2 rings (SSSR count). The molecule has 2 aliphatic rings. The van der Waals surface area contributed by atoms with E-state index in [0.717, 1.165) is 17.9 Å². The minimum atomic E-state index is 0.817. The molecule has 2 fully saturated rings. The average molecular weight is 210 g/mol. The van der Waals surface area contributed by atoms with E-state index in [1.54, 1.807) is 0 Å². The number of nitrogens with zero attached hydrogens (tertiary/aromatic N) is 1. The fraction of sp³-hybridized carbons (Fsp3) is 1.00. The van der Waals surface area contributed by atoms with Gasteiger partial charge in [0.15, 0.2) is 0 Å². The number of rotatable bonds is 5. The second-order valence-corrected chi connectivity index (χ2v) is 5.53. The van der Waals surface area contributed by atoms with Gasteiger partial charge >= 0.3 is 0 Å². The van der Waals surface area contributed by atoms with Gasteiger partial charge in [-0.3, -0.25) is 0 Å². The molecule has 0 spiro atoms. The van der Waals surface area contributed by atoms with Gasteiger partial charge in [-0.25, -0.2) is 0 Å². The summed E-state index contributed by atoms with van der Waals surface area (Å²) in [5.74, 6) is 1.91. The summed E-state index contributed by atoms with van der Waals surface area (Å²) >= 11 is 0. The SMILES string of the molecule is CCC(NCC1CCCN(C)C1)C1CC1. The van der Waals surface area contributed by atoms with Crippen molar-refractivity contribution in [1.29, 1.82) is 0 Å². The fourth-order valence-electron chi connectivity index (χ4n) is 2.90. The Balaban J connectivity index is 1.67. The van der Waals surface area contributed by atoms with E-state index >= 15 is 0 Å². The topological polar surface area (TPSA) is 15.3 Å². The lowest BCUT2D eigenvalue weighted by atomic mass is 9.97. The third-order valence-electron chi connectivity index (χ3n) is 4.02. The summed E-state index contributed by atoms with van der Waals surface area (Å²) in [6, 6.07) is 0.817. The Labute approximate surface area is 94.4 Å². The first kappa shape index (κ1) is 11.4. The molecule has 15 heavy (non-hydrogen) atoms. The van der Waals surface area contributed by atoms with Gasteiger partial charge in [-0.2, -0.15) is 0 Å². The molecule has 2 nitrogen and oxygen atoms in total. The Hall–Kier alpha value is -0.0800. The van der Waals surface area contributed by atoms with Crippen molar-refractivity contribution in [3.8, 4) is 0 Å². The number of likely N-dealkylation sites (tertiary alicyclic amines) is 1. The van der Waals surface area contributed by atoms with E-state index in [1.807, 2.05) is 0 Å². The molecule has 1 saturated carbocycles. The third-order valence-corrected chi connectivity index (χ3v) is 4.02. The molecule has 88 valence electrons. The van der Waals surface area contributed by atoms with Crippen LogP contribution >= 0.6 is 0 Å². The van der Waals surface area contributed by atoms with Crippen molar-refractivity contribution in [3.63, 3.8) is 0 Å². The smallest absolute Gasteiger partial charge is 0.00928 e. The van der Waals surface area contributed by atoms with Crippen LogP contribution in [-0.2, 0) is 0 Å². The average Bonchev–Trinajstić information content (AvgIpc) is 3.03. The van der Waals surface area contributed by atoms with Crippen LogP contribution in [0.3, 0.4) is 0 Å². The van der Waals surface area contributed by atoms with E-state index in [-0.39, 0.29) is 0 Å². The molecule has 0 radical (unpaired) electrons. The molecular weight excluding hydrogens is 184 g/mol. The number of hydrogen-bond donors (Lipinski definition) is 1. The molecule has 1 aliphatic heterocycles. The van der Waals surface area contributed by atoms with Crippen LogP contribution < -0.4 is 5.32 Å². The fourth-order valence-corrected chi connectivity index (χ4v) is 2.90. The Morgan fingerprint density at radius 1 is 1.33 bits per heavy atom. The predicted octanol–water partition coefficient (Wildman–Crippen LogP) is 2.11.